The van der Waals surface area contributed by atoms with E-state index in [0.717, 1.165) is 59.6 Å². The van der Waals surface area contributed by atoms with E-state index in [1.165, 1.54) is 18.4 Å². The quantitative estimate of drug-likeness (QED) is 0.294. The van der Waals surface area contributed by atoms with Gasteiger partial charge in [0.05, 0.1) is 22.4 Å². The number of nitrogens with zero attached hydrogens (tertiary/aromatic N) is 2. The van der Waals surface area contributed by atoms with Crippen molar-refractivity contribution in [2.75, 3.05) is 13.1 Å². The van der Waals surface area contributed by atoms with Gasteiger partial charge in [0.25, 0.3) is 0 Å². The van der Waals surface area contributed by atoms with E-state index in [9.17, 15) is 10.2 Å². The summed E-state index contributed by atoms with van der Waals surface area (Å²) in [5.41, 5.74) is 15.6. The summed E-state index contributed by atoms with van der Waals surface area (Å²) < 4.78 is 6.63. The zero-order valence-corrected chi connectivity index (χ0v) is 19.4. The minimum atomic E-state index is -1.01. The van der Waals surface area contributed by atoms with Gasteiger partial charge in [-0.2, -0.15) is 0 Å². The lowest BCUT2D eigenvalue weighted by Gasteiger charge is -2.62. The van der Waals surface area contributed by atoms with Gasteiger partial charge >= 0.3 is 0 Å². The molecule has 8 nitrogen and oxygen atoms in total. The topological polar surface area (TPSA) is 133 Å². The van der Waals surface area contributed by atoms with Crippen LogP contribution in [0.2, 0.25) is 0 Å². The Morgan fingerprint density at radius 3 is 2.89 bits per heavy atom. The lowest BCUT2D eigenvalue weighted by Crippen LogP contribution is -2.74. The Labute approximate surface area is 202 Å². The predicted octanol–water partition coefficient (Wildman–Crippen LogP) is 2.48. The van der Waals surface area contributed by atoms with Crippen LogP contribution >= 0.6 is 0 Å². The van der Waals surface area contributed by atoms with Crippen molar-refractivity contribution in [3.8, 4) is 11.5 Å². The van der Waals surface area contributed by atoms with Crippen molar-refractivity contribution < 1.29 is 14.9 Å². The first kappa shape index (κ1) is 20.0. The second-order valence-corrected chi connectivity index (χ2v) is 11.2. The molecule has 1 saturated heterocycles. The van der Waals surface area contributed by atoms with Crippen molar-refractivity contribution in [1.82, 2.24) is 9.88 Å². The van der Waals surface area contributed by atoms with Crippen molar-refractivity contribution in [3.05, 3.63) is 52.7 Å². The SMILES string of the molecule is NC(N)=Nc1ccc2[nH]c3c(c2c1)C[C@]1(O)[C@@H]2Cc4ccc(O)c5c4[C@]1(CCN2CC1CC1)[C@@H]3O5. The van der Waals surface area contributed by atoms with Crippen molar-refractivity contribution in [2.45, 2.75) is 55.3 Å². The molecule has 0 radical (unpaired) electrons. The number of phenolic OH excluding ortho intramolecular Hbond substituents is 1. The monoisotopic (exact) mass is 471 g/mol. The molecule has 180 valence electrons. The van der Waals surface area contributed by atoms with Crippen LogP contribution in [0.1, 0.15) is 47.8 Å². The van der Waals surface area contributed by atoms with Gasteiger partial charge in [-0.1, -0.05) is 6.07 Å². The number of H-pyrrole nitrogens is 1. The molecule has 4 atom stereocenters. The Morgan fingerprint density at radius 2 is 2.09 bits per heavy atom. The van der Waals surface area contributed by atoms with Crippen LogP contribution in [0.3, 0.4) is 0 Å². The minimum Gasteiger partial charge on any atom is -0.504 e. The van der Waals surface area contributed by atoms with Crippen LogP contribution < -0.4 is 16.2 Å². The number of aliphatic hydroxyl groups is 1. The van der Waals surface area contributed by atoms with Gasteiger partial charge in [-0.15, -0.1) is 0 Å². The summed E-state index contributed by atoms with van der Waals surface area (Å²) in [4.78, 5) is 10.4. The first-order valence-electron chi connectivity index (χ1n) is 12.6. The molecule has 2 fully saturated rings. The van der Waals surface area contributed by atoms with Crippen molar-refractivity contribution in [2.24, 2.45) is 22.4 Å². The summed E-state index contributed by atoms with van der Waals surface area (Å²) in [7, 11) is 0. The molecule has 0 amide bonds. The molecule has 3 aliphatic carbocycles. The van der Waals surface area contributed by atoms with Gasteiger partial charge in [-0.3, -0.25) is 4.90 Å². The van der Waals surface area contributed by atoms with Gasteiger partial charge in [0.15, 0.2) is 23.6 Å². The second-order valence-electron chi connectivity index (χ2n) is 11.2. The van der Waals surface area contributed by atoms with Crippen LogP contribution in [0.15, 0.2) is 35.3 Å². The van der Waals surface area contributed by atoms with Crippen molar-refractivity contribution in [3.63, 3.8) is 0 Å². The predicted molar refractivity (Wildman–Crippen MR) is 132 cm³/mol. The van der Waals surface area contributed by atoms with Crippen LogP contribution in [0.4, 0.5) is 5.69 Å². The molecule has 3 heterocycles. The number of hydrogen-bond acceptors (Lipinski definition) is 5. The molecular weight excluding hydrogens is 442 g/mol. The number of nitrogens with one attached hydrogen (secondary N) is 1. The number of hydrogen-bond donors (Lipinski definition) is 5. The second kappa shape index (κ2) is 6.30. The summed E-state index contributed by atoms with van der Waals surface area (Å²) >= 11 is 0. The number of ether oxygens (including phenoxy) is 1. The van der Waals surface area contributed by atoms with E-state index in [-0.39, 0.29) is 23.9 Å². The standard InChI is InChI=1S/C27H29N5O3/c28-25(29)30-15-4-5-18-16(10-15)17-11-27(34)20-9-14-3-6-19(33)23-21(14)26(27,24(35-23)22(17)31-18)7-8-32(20)12-13-1-2-13/h3-6,10,13,20,24,31,33-34H,1-2,7-9,11-12H2,(H4,28,29,30)/t20-,24+,26+,27-/m0/s1. The number of aromatic hydroxyl groups is 1. The molecule has 8 rings (SSSR count). The van der Waals surface area contributed by atoms with E-state index in [0.29, 0.717) is 17.9 Å². The Balaban J connectivity index is 1.38. The normalized spacial score (nSPS) is 32.1. The summed E-state index contributed by atoms with van der Waals surface area (Å²) in [5, 5.41) is 24.7. The van der Waals surface area contributed by atoms with Gasteiger partial charge in [-0.05, 0) is 73.5 Å². The number of piperidine rings is 1. The van der Waals surface area contributed by atoms with Gasteiger partial charge in [-0.25, -0.2) is 4.99 Å². The maximum atomic E-state index is 12.9. The van der Waals surface area contributed by atoms with Crippen molar-refractivity contribution in [1.29, 1.82) is 0 Å². The lowest BCUT2D eigenvalue weighted by molar-refractivity contribution is -0.173. The van der Waals surface area contributed by atoms with Gasteiger partial charge in [0.1, 0.15) is 0 Å². The molecule has 2 aliphatic heterocycles. The zero-order valence-electron chi connectivity index (χ0n) is 19.4. The van der Waals surface area contributed by atoms with Crippen molar-refractivity contribution >= 4 is 22.5 Å². The first-order valence-corrected chi connectivity index (χ1v) is 12.6. The zero-order chi connectivity index (χ0) is 23.7. The van der Waals surface area contributed by atoms with E-state index in [4.69, 9.17) is 16.2 Å². The smallest absolute Gasteiger partial charge is 0.191 e. The summed E-state index contributed by atoms with van der Waals surface area (Å²) in [6.45, 7) is 1.98. The number of aliphatic imine (C=N–C) groups is 1. The molecule has 1 aromatic heterocycles. The molecule has 8 heteroatoms. The molecule has 1 spiro atoms. The highest BCUT2D eigenvalue weighted by Gasteiger charge is 2.72. The molecule has 2 bridgehead atoms. The van der Waals surface area contributed by atoms with E-state index < -0.39 is 11.0 Å². The Hall–Kier alpha value is -3.23. The van der Waals surface area contributed by atoms with Crippen LogP contribution in [0.25, 0.3) is 10.9 Å². The largest absolute Gasteiger partial charge is 0.504 e. The first-order chi connectivity index (χ1) is 16.9. The number of aromatic amines is 1. The summed E-state index contributed by atoms with van der Waals surface area (Å²) in [5.74, 6) is 1.46. The molecule has 0 unspecified atom stereocenters. The van der Waals surface area contributed by atoms with E-state index in [2.05, 4.69) is 14.9 Å². The number of nitrogens with two attached hydrogens (primary N) is 2. The average molecular weight is 472 g/mol. The third kappa shape index (κ3) is 2.37. The van der Waals surface area contributed by atoms with Gasteiger partial charge < -0.3 is 31.4 Å². The molecule has 35 heavy (non-hydrogen) atoms. The molecule has 2 aromatic carbocycles. The number of guanidine groups is 1. The van der Waals surface area contributed by atoms with Crippen LogP contribution in [0.5, 0.6) is 11.5 Å². The number of benzene rings is 2. The maximum Gasteiger partial charge on any atom is 0.191 e. The van der Waals surface area contributed by atoms with Crippen LogP contribution in [0, 0.1) is 5.92 Å². The number of rotatable bonds is 3. The van der Waals surface area contributed by atoms with E-state index in [1.807, 2.05) is 24.3 Å². The van der Waals surface area contributed by atoms with Crippen LogP contribution in [-0.4, -0.2) is 50.8 Å². The number of likely N-dealkylation sites (tertiary alicyclic amines) is 1. The fourth-order valence-corrected chi connectivity index (χ4v) is 7.83. The molecular formula is C27H29N5O3. The summed E-state index contributed by atoms with van der Waals surface area (Å²) in [6.07, 6.45) is 4.27. The molecule has 7 N–H and O–H groups in total. The fourth-order valence-electron chi connectivity index (χ4n) is 7.83. The molecule has 1 saturated carbocycles. The third-order valence-electron chi connectivity index (χ3n) is 9.40. The van der Waals surface area contributed by atoms with E-state index >= 15 is 0 Å². The number of fused-ring (bicyclic) bond motifs is 4. The number of phenols is 1. The van der Waals surface area contributed by atoms with Gasteiger partial charge in [0.2, 0.25) is 0 Å². The van der Waals surface area contributed by atoms with E-state index in [1.54, 1.807) is 6.07 Å². The highest BCUT2D eigenvalue weighted by molar-refractivity contribution is 5.90. The van der Waals surface area contributed by atoms with Gasteiger partial charge in [0, 0.05) is 35.5 Å². The summed E-state index contributed by atoms with van der Waals surface area (Å²) in [6, 6.07) is 9.64. The highest BCUT2D eigenvalue weighted by Crippen LogP contribution is 2.69. The third-order valence-corrected chi connectivity index (χ3v) is 9.40. The molecule has 5 aliphatic rings. The fraction of sp³-hybridized carbons (Fsp3) is 0.444. The Kier molecular flexibility index (Phi) is 3.60. The lowest BCUT2D eigenvalue weighted by atomic mass is 9.49. The molecule has 3 aromatic rings. The Bertz CT molecular complexity index is 1450. The minimum absolute atomic E-state index is 0.00457. The maximum absolute atomic E-state index is 12.9. The highest BCUT2D eigenvalue weighted by atomic mass is 16.5. The Morgan fingerprint density at radius 1 is 1.23 bits per heavy atom. The van der Waals surface area contributed by atoms with Crippen LogP contribution in [-0.2, 0) is 18.3 Å². The average Bonchev–Trinajstić information content (AvgIpc) is 3.46. The number of aromatic nitrogens is 1.